The van der Waals surface area contributed by atoms with Crippen molar-refractivity contribution in [3.8, 4) is 11.5 Å². The molecule has 132 valence electrons. The van der Waals surface area contributed by atoms with Gasteiger partial charge in [-0.15, -0.1) is 0 Å². The second-order valence-electron chi connectivity index (χ2n) is 5.44. The van der Waals surface area contributed by atoms with Gasteiger partial charge in [0, 0.05) is 0 Å². The van der Waals surface area contributed by atoms with Gasteiger partial charge in [0.05, 0.1) is 12.8 Å². The zero-order valence-electron chi connectivity index (χ0n) is 14.5. The standard InChI is InChI=1S/C19H21NO5/c1-13-8-9-15(10-14(13)2)24-12-19(22)25-11-18(21)20-16-6-4-5-7-17(16)23-3/h4-10H,11-12H2,1-3H3,(H,20,21). The van der Waals surface area contributed by atoms with Crippen LogP contribution in [0.1, 0.15) is 11.1 Å². The number of methoxy groups -OCH3 is 1. The lowest BCUT2D eigenvalue weighted by Gasteiger charge is -2.11. The first-order valence-corrected chi connectivity index (χ1v) is 7.78. The monoisotopic (exact) mass is 343 g/mol. The SMILES string of the molecule is COc1ccccc1NC(=O)COC(=O)COc1ccc(C)c(C)c1. The highest BCUT2D eigenvalue weighted by atomic mass is 16.6. The van der Waals surface area contributed by atoms with Crippen molar-refractivity contribution >= 4 is 17.6 Å². The molecule has 0 atom stereocenters. The van der Waals surface area contributed by atoms with Crippen LogP contribution in [0.25, 0.3) is 0 Å². The number of nitrogens with one attached hydrogen (secondary N) is 1. The number of rotatable bonds is 7. The molecule has 0 aliphatic rings. The molecule has 0 aliphatic carbocycles. The van der Waals surface area contributed by atoms with Gasteiger partial charge in [-0.1, -0.05) is 18.2 Å². The van der Waals surface area contributed by atoms with Crippen LogP contribution >= 0.6 is 0 Å². The summed E-state index contributed by atoms with van der Waals surface area (Å²) in [5.41, 5.74) is 2.72. The Labute approximate surface area is 146 Å². The molecule has 1 amide bonds. The molecular weight excluding hydrogens is 322 g/mol. The zero-order chi connectivity index (χ0) is 18.2. The molecule has 0 unspecified atom stereocenters. The van der Waals surface area contributed by atoms with E-state index in [4.69, 9.17) is 14.2 Å². The van der Waals surface area contributed by atoms with Crippen LogP contribution in [0.15, 0.2) is 42.5 Å². The Hall–Kier alpha value is -3.02. The summed E-state index contributed by atoms with van der Waals surface area (Å²) in [6, 6.07) is 12.5. The molecule has 6 nitrogen and oxygen atoms in total. The van der Waals surface area contributed by atoms with Crippen LogP contribution in [0.2, 0.25) is 0 Å². The van der Waals surface area contributed by atoms with E-state index < -0.39 is 18.5 Å². The van der Waals surface area contributed by atoms with Crippen LogP contribution in [0, 0.1) is 13.8 Å². The highest BCUT2D eigenvalue weighted by molar-refractivity contribution is 5.94. The highest BCUT2D eigenvalue weighted by Crippen LogP contribution is 2.22. The van der Waals surface area contributed by atoms with Gasteiger partial charge in [0.1, 0.15) is 11.5 Å². The number of hydrogen-bond donors (Lipinski definition) is 1. The molecule has 2 rings (SSSR count). The molecule has 2 aromatic rings. The maximum absolute atomic E-state index is 11.9. The smallest absolute Gasteiger partial charge is 0.344 e. The van der Waals surface area contributed by atoms with E-state index in [0.29, 0.717) is 17.2 Å². The summed E-state index contributed by atoms with van der Waals surface area (Å²) in [4.78, 5) is 23.6. The van der Waals surface area contributed by atoms with Crippen LogP contribution < -0.4 is 14.8 Å². The number of carbonyl (C=O) groups excluding carboxylic acids is 2. The van der Waals surface area contributed by atoms with Crippen LogP contribution in [-0.2, 0) is 14.3 Å². The minimum absolute atomic E-state index is 0.259. The Morgan fingerprint density at radius 1 is 1.00 bits per heavy atom. The number of ether oxygens (including phenoxy) is 3. The summed E-state index contributed by atoms with van der Waals surface area (Å²) in [6.07, 6.45) is 0. The molecule has 0 aromatic heterocycles. The molecule has 25 heavy (non-hydrogen) atoms. The van der Waals surface area contributed by atoms with Gasteiger partial charge < -0.3 is 19.5 Å². The quantitative estimate of drug-likeness (QED) is 0.783. The molecule has 0 aliphatic heterocycles. The van der Waals surface area contributed by atoms with E-state index >= 15 is 0 Å². The predicted molar refractivity (Wildman–Crippen MR) is 94.0 cm³/mol. The summed E-state index contributed by atoms with van der Waals surface area (Å²) in [7, 11) is 1.51. The molecule has 0 saturated heterocycles. The third-order valence-corrected chi connectivity index (χ3v) is 3.58. The average molecular weight is 343 g/mol. The number of esters is 1. The van der Waals surface area contributed by atoms with E-state index in [-0.39, 0.29) is 6.61 Å². The minimum Gasteiger partial charge on any atom is -0.495 e. The summed E-state index contributed by atoms with van der Waals surface area (Å²) in [5.74, 6) is 0.0382. The van der Waals surface area contributed by atoms with Gasteiger partial charge in [-0.05, 0) is 49.2 Å². The second-order valence-corrected chi connectivity index (χ2v) is 5.44. The molecular formula is C19H21NO5. The number of carbonyl (C=O) groups is 2. The largest absolute Gasteiger partial charge is 0.495 e. The number of para-hydroxylation sites is 2. The molecule has 0 saturated carbocycles. The number of amides is 1. The number of anilines is 1. The molecule has 2 aromatic carbocycles. The van der Waals surface area contributed by atoms with Gasteiger partial charge in [0.2, 0.25) is 0 Å². The fraction of sp³-hybridized carbons (Fsp3) is 0.263. The van der Waals surface area contributed by atoms with Crippen molar-refractivity contribution < 1.29 is 23.8 Å². The van der Waals surface area contributed by atoms with Crippen LogP contribution in [0.5, 0.6) is 11.5 Å². The van der Waals surface area contributed by atoms with Crippen molar-refractivity contribution in [1.82, 2.24) is 0 Å². The van der Waals surface area contributed by atoms with Gasteiger partial charge >= 0.3 is 5.97 Å². The van der Waals surface area contributed by atoms with Gasteiger partial charge in [-0.25, -0.2) is 4.79 Å². The lowest BCUT2D eigenvalue weighted by Crippen LogP contribution is -2.23. The van der Waals surface area contributed by atoms with Crippen molar-refractivity contribution in [2.75, 3.05) is 25.6 Å². The molecule has 0 fully saturated rings. The van der Waals surface area contributed by atoms with E-state index in [9.17, 15) is 9.59 Å². The average Bonchev–Trinajstić information content (AvgIpc) is 2.61. The Morgan fingerprint density at radius 2 is 1.76 bits per heavy atom. The van der Waals surface area contributed by atoms with E-state index in [1.54, 1.807) is 30.3 Å². The normalized spacial score (nSPS) is 10.0. The zero-order valence-corrected chi connectivity index (χ0v) is 14.5. The van der Waals surface area contributed by atoms with Crippen LogP contribution in [0.4, 0.5) is 5.69 Å². The minimum atomic E-state index is -0.617. The molecule has 0 heterocycles. The topological polar surface area (TPSA) is 73.9 Å². The first-order valence-electron chi connectivity index (χ1n) is 7.78. The van der Waals surface area contributed by atoms with Crippen molar-refractivity contribution in [2.24, 2.45) is 0 Å². The predicted octanol–water partition coefficient (Wildman–Crippen LogP) is 2.87. The first-order chi connectivity index (χ1) is 12.0. The fourth-order valence-electron chi connectivity index (χ4n) is 2.07. The molecule has 6 heteroatoms. The maximum atomic E-state index is 11.9. The van der Waals surface area contributed by atoms with E-state index in [1.807, 2.05) is 26.0 Å². The van der Waals surface area contributed by atoms with Gasteiger partial charge in [-0.3, -0.25) is 4.79 Å². The molecule has 0 radical (unpaired) electrons. The Morgan fingerprint density at radius 3 is 2.48 bits per heavy atom. The van der Waals surface area contributed by atoms with Crippen LogP contribution in [-0.4, -0.2) is 32.2 Å². The van der Waals surface area contributed by atoms with Crippen molar-refractivity contribution in [1.29, 1.82) is 0 Å². The molecule has 1 N–H and O–H groups in total. The summed E-state index contributed by atoms with van der Waals surface area (Å²) >= 11 is 0. The molecule has 0 spiro atoms. The van der Waals surface area contributed by atoms with Crippen molar-refractivity contribution in [3.63, 3.8) is 0 Å². The van der Waals surface area contributed by atoms with Gasteiger partial charge in [0.15, 0.2) is 13.2 Å². The fourth-order valence-corrected chi connectivity index (χ4v) is 2.07. The van der Waals surface area contributed by atoms with E-state index in [1.165, 1.54) is 7.11 Å². The Balaban J connectivity index is 1.77. The van der Waals surface area contributed by atoms with Crippen LogP contribution in [0.3, 0.4) is 0 Å². The molecule has 0 bridgehead atoms. The summed E-state index contributed by atoms with van der Waals surface area (Å²) in [5, 5.41) is 2.62. The van der Waals surface area contributed by atoms with E-state index in [0.717, 1.165) is 11.1 Å². The van der Waals surface area contributed by atoms with Crippen molar-refractivity contribution in [3.05, 3.63) is 53.6 Å². The van der Waals surface area contributed by atoms with E-state index in [2.05, 4.69) is 5.32 Å². The second kappa shape index (κ2) is 8.73. The highest BCUT2D eigenvalue weighted by Gasteiger charge is 2.11. The van der Waals surface area contributed by atoms with Gasteiger partial charge in [0.25, 0.3) is 5.91 Å². The lowest BCUT2D eigenvalue weighted by atomic mass is 10.1. The maximum Gasteiger partial charge on any atom is 0.344 e. The van der Waals surface area contributed by atoms with Crippen molar-refractivity contribution in [2.45, 2.75) is 13.8 Å². The number of hydrogen-bond acceptors (Lipinski definition) is 5. The number of aryl methyl sites for hydroxylation is 2. The Bertz CT molecular complexity index is 757. The first kappa shape index (κ1) is 18.3. The Kier molecular flexibility index (Phi) is 6.39. The summed E-state index contributed by atoms with van der Waals surface area (Å²) < 4.78 is 15.4. The third kappa shape index (κ3) is 5.53. The number of benzene rings is 2. The third-order valence-electron chi connectivity index (χ3n) is 3.58. The summed E-state index contributed by atoms with van der Waals surface area (Å²) in [6.45, 7) is 3.30. The van der Waals surface area contributed by atoms with Gasteiger partial charge in [-0.2, -0.15) is 0 Å². The lowest BCUT2D eigenvalue weighted by molar-refractivity contribution is -0.149.